The van der Waals surface area contributed by atoms with Crippen LogP contribution in [0.1, 0.15) is 5.56 Å². The van der Waals surface area contributed by atoms with Crippen molar-refractivity contribution in [3.8, 4) is 5.75 Å². The van der Waals surface area contributed by atoms with Gasteiger partial charge in [0.05, 0.1) is 18.2 Å². The molecule has 1 aromatic heterocycles. The molecule has 1 aliphatic heterocycles. The minimum atomic E-state index is -0.233. The number of nitrogens with zero attached hydrogens (tertiary/aromatic N) is 3. The smallest absolute Gasteiger partial charge is 0.309 e. The first-order chi connectivity index (χ1) is 14.2. The maximum Gasteiger partial charge on any atom is 0.309 e. The number of hydrogen-bond acceptors (Lipinski definition) is 7. The summed E-state index contributed by atoms with van der Waals surface area (Å²) in [4.78, 5) is 16.1. The van der Waals surface area contributed by atoms with Crippen LogP contribution >= 0.6 is 11.5 Å². The van der Waals surface area contributed by atoms with Gasteiger partial charge in [0.1, 0.15) is 18.2 Å². The van der Waals surface area contributed by atoms with Crippen molar-refractivity contribution in [3.05, 3.63) is 54.1 Å². The van der Waals surface area contributed by atoms with E-state index in [1.807, 2.05) is 24.3 Å². The first kappa shape index (κ1) is 19.7. The molecule has 0 unspecified atom stereocenters. The van der Waals surface area contributed by atoms with Gasteiger partial charge in [0.2, 0.25) is 0 Å². The molecule has 0 N–H and O–H groups in total. The average molecular weight is 412 g/mol. The van der Waals surface area contributed by atoms with Crippen LogP contribution in [0, 0.1) is 0 Å². The number of anilines is 1. The Morgan fingerprint density at radius 1 is 1.07 bits per heavy atom. The minimum Gasteiger partial charge on any atom is -0.492 e. The summed E-state index contributed by atoms with van der Waals surface area (Å²) in [6.45, 7) is 5.53. The zero-order chi connectivity index (χ0) is 20.1. The summed E-state index contributed by atoms with van der Waals surface area (Å²) >= 11 is 1.57. The number of ether oxygens (including phenoxy) is 2. The van der Waals surface area contributed by atoms with E-state index in [0.29, 0.717) is 6.61 Å². The number of benzene rings is 2. The molecular weight excluding hydrogens is 386 g/mol. The van der Waals surface area contributed by atoms with E-state index in [1.165, 1.54) is 17.2 Å². The summed E-state index contributed by atoms with van der Waals surface area (Å²) in [6, 6.07) is 16.1. The quantitative estimate of drug-likeness (QED) is 0.557. The van der Waals surface area contributed by atoms with Gasteiger partial charge in [-0.2, -0.15) is 4.37 Å². The lowest BCUT2D eigenvalue weighted by molar-refractivity contribution is -0.139. The van der Waals surface area contributed by atoms with Crippen molar-refractivity contribution in [1.29, 1.82) is 0 Å². The number of rotatable bonds is 7. The summed E-state index contributed by atoms with van der Waals surface area (Å²) in [5, 5.41) is 1.25. The van der Waals surface area contributed by atoms with Crippen molar-refractivity contribution in [2.45, 2.75) is 6.42 Å². The molecule has 0 radical (unpaired) electrons. The predicted molar refractivity (Wildman–Crippen MR) is 116 cm³/mol. The van der Waals surface area contributed by atoms with Gasteiger partial charge >= 0.3 is 5.97 Å². The number of carbonyl (C=O) groups is 1. The van der Waals surface area contributed by atoms with Crippen LogP contribution < -0.4 is 9.64 Å². The molecule has 1 fully saturated rings. The Morgan fingerprint density at radius 2 is 1.83 bits per heavy atom. The molecule has 29 heavy (non-hydrogen) atoms. The van der Waals surface area contributed by atoms with E-state index >= 15 is 0 Å². The Balaban J connectivity index is 1.22. The number of piperazine rings is 1. The minimum absolute atomic E-state index is 0.233. The molecule has 0 aliphatic carbocycles. The summed E-state index contributed by atoms with van der Waals surface area (Å²) in [5.41, 5.74) is 0.926. The van der Waals surface area contributed by atoms with Crippen LogP contribution in [0.5, 0.6) is 5.75 Å². The van der Waals surface area contributed by atoms with Gasteiger partial charge in [0.15, 0.2) is 0 Å². The Bertz CT molecular complexity index is 949. The summed E-state index contributed by atoms with van der Waals surface area (Å²) in [6.07, 6.45) is 0.287. The SMILES string of the molecule is COC(=O)Cc1ccc(OCCN2CCN(c3nsc4ccccc34)CC2)cc1. The third kappa shape index (κ3) is 4.86. The molecule has 0 atom stereocenters. The topological polar surface area (TPSA) is 54.9 Å². The summed E-state index contributed by atoms with van der Waals surface area (Å²) in [5.74, 6) is 1.71. The zero-order valence-corrected chi connectivity index (χ0v) is 17.4. The lowest BCUT2D eigenvalue weighted by Crippen LogP contribution is -2.47. The molecule has 152 valence electrons. The Labute approximate surface area is 174 Å². The molecule has 0 amide bonds. The third-order valence-electron chi connectivity index (χ3n) is 5.21. The van der Waals surface area contributed by atoms with Gasteiger partial charge in [-0.3, -0.25) is 9.69 Å². The lowest BCUT2D eigenvalue weighted by atomic mass is 10.1. The molecule has 4 rings (SSSR count). The Hall–Kier alpha value is -2.64. The van der Waals surface area contributed by atoms with Crippen molar-refractivity contribution < 1.29 is 14.3 Å². The Kier molecular flexibility index (Phi) is 6.27. The molecule has 0 spiro atoms. The van der Waals surface area contributed by atoms with E-state index in [0.717, 1.165) is 49.9 Å². The fraction of sp³-hybridized carbons (Fsp3) is 0.364. The normalized spacial score (nSPS) is 14.9. The number of esters is 1. The highest BCUT2D eigenvalue weighted by Crippen LogP contribution is 2.29. The van der Waals surface area contributed by atoms with Gasteiger partial charge < -0.3 is 14.4 Å². The highest BCUT2D eigenvalue weighted by atomic mass is 32.1. The summed E-state index contributed by atoms with van der Waals surface area (Å²) in [7, 11) is 1.40. The van der Waals surface area contributed by atoms with Crippen LogP contribution in [0.25, 0.3) is 10.1 Å². The number of carbonyl (C=O) groups excluding carboxylic acids is 1. The van der Waals surface area contributed by atoms with Crippen LogP contribution in [-0.4, -0.2) is 61.7 Å². The van der Waals surface area contributed by atoms with E-state index in [1.54, 1.807) is 11.5 Å². The predicted octanol–water partition coefficient (Wildman–Crippen LogP) is 3.21. The fourth-order valence-electron chi connectivity index (χ4n) is 3.52. The second-order valence-electron chi connectivity index (χ2n) is 7.08. The second-order valence-corrected chi connectivity index (χ2v) is 7.88. The van der Waals surface area contributed by atoms with E-state index in [4.69, 9.17) is 4.74 Å². The van der Waals surface area contributed by atoms with Crippen LogP contribution in [0.2, 0.25) is 0 Å². The third-order valence-corrected chi connectivity index (χ3v) is 6.02. The first-order valence-corrected chi connectivity index (χ1v) is 10.6. The van der Waals surface area contributed by atoms with Gasteiger partial charge in [-0.25, -0.2) is 0 Å². The van der Waals surface area contributed by atoms with Gasteiger partial charge in [-0.05, 0) is 41.4 Å². The van der Waals surface area contributed by atoms with Crippen molar-refractivity contribution in [1.82, 2.24) is 9.27 Å². The van der Waals surface area contributed by atoms with Gasteiger partial charge in [0, 0.05) is 38.1 Å². The van der Waals surface area contributed by atoms with Gasteiger partial charge in [-0.15, -0.1) is 0 Å². The molecule has 0 bridgehead atoms. The van der Waals surface area contributed by atoms with Crippen molar-refractivity contribution in [2.75, 3.05) is 51.3 Å². The largest absolute Gasteiger partial charge is 0.492 e. The van der Waals surface area contributed by atoms with E-state index in [-0.39, 0.29) is 12.4 Å². The summed E-state index contributed by atoms with van der Waals surface area (Å²) < 4.78 is 16.5. The molecule has 2 aromatic carbocycles. The fourth-order valence-corrected chi connectivity index (χ4v) is 4.31. The van der Waals surface area contributed by atoms with Crippen LogP contribution in [0.4, 0.5) is 5.82 Å². The zero-order valence-electron chi connectivity index (χ0n) is 16.5. The van der Waals surface area contributed by atoms with E-state index in [9.17, 15) is 4.79 Å². The van der Waals surface area contributed by atoms with E-state index < -0.39 is 0 Å². The van der Waals surface area contributed by atoms with Gasteiger partial charge in [-0.1, -0.05) is 24.3 Å². The molecule has 1 saturated heterocycles. The number of hydrogen-bond donors (Lipinski definition) is 0. The second kappa shape index (κ2) is 9.24. The van der Waals surface area contributed by atoms with Gasteiger partial charge in [0.25, 0.3) is 0 Å². The lowest BCUT2D eigenvalue weighted by Gasteiger charge is -2.34. The highest BCUT2D eigenvalue weighted by Gasteiger charge is 2.20. The van der Waals surface area contributed by atoms with E-state index in [2.05, 4.69) is 43.2 Å². The number of methoxy groups -OCH3 is 1. The molecule has 2 heterocycles. The number of fused-ring (bicyclic) bond motifs is 1. The van der Waals surface area contributed by atoms with Crippen LogP contribution in [0.3, 0.4) is 0 Å². The number of aromatic nitrogens is 1. The maximum atomic E-state index is 11.3. The van der Waals surface area contributed by atoms with Crippen LogP contribution in [-0.2, 0) is 16.0 Å². The monoisotopic (exact) mass is 411 g/mol. The maximum absolute atomic E-state index is 11.3. The highest BCUT2D eigenvalue weighted by molar-refractivity contribution is 7.13. The molecule has 0 saturated carbocycles. The first-order valence-electron chi connectivity index (χ1n) is 9.83. The molecule has 7 heteroatoms. The Morgan fingerprint density at radius 3 is 2.59 bits per heavy atom. The van der Waals surface area contributed by atoms with Crippen molar-refractivity contribution in [3.63, 3.8) is 0 Å². The average Bonchev–Trinajstić information content (AvgIpc) is 3.19. The molecule has 1 aliphatic rings. The molecule has 3 aromatic rings. The van der Waals surface area contributed by atoms with Crippen molar-refractivity contribution >= 4 is 33.4 Å². The van der Waals surface area contributed by atoms with Crippen molar-refractivity contribution in [2.24, 2.45) is 0 Å². The molecular formula is C22H25N3O3S. The van der Waals surface area contributed by atoms with Crippen LogP contribution in [0.15, 0.2) is 48.5 Å². The molecule has 6 nitrogen and oxygen atoms in total. The standard InChI is InChI=1S/C22H25N3O3S/c1-27-21(26)16-17-6-8-18(9-7-17)28-15-14-24-10-12-25(13-11-24)22-19-4-2-3-5-20(19)29-23-22/h2-9H,10-16H2,1H3.